The number of epoxide rings is 1. The van der Waals surface area contributed by atoms with Crippen LogP contribution in [0.4, 0.5) is 0 Å². The van der Waals surface area contributed by atoms with E-state index in [1.165, 1.54) is 5.56 Å². The molecule has 2 atom stereocenters. The van der Waals surface area contributed by atoms with Gasteiger partial charge in [-0.3, -0.25) is 0 Å². The summed E-state index contributed by atoms with van der Waals surface area (Å²) < 4.78 is 5.65. The summed E-state index contributed by atoms with van der Waals surface area (Å²) in [6.07, 6.45) is 0.271. The third-order valence-electron chi connectivity index (χ3n) is 2.71. The number of rotatable bonds is 2. The fourth-order valence-corrected chi connectivity index (χ4v) is 1.93. The van der Waals surface area contributed by atoms with Crippen molar-refractivity contribution in [2.75, 3.05) is 0 Å². The Balaban J connectivity index is 2.40. The van der Waals surface area contributed by atoms with Crippen LogP contribution in [0, 0.1) is 0 Å². The van der Waals surface area contributed by atoms with Crippen LogP contribution in [0.15, 0.2) is 42.5 Å². The van der Waals surface area contributed by atoms with Crippen molar-refractivity contribution < 1.29 is 4.74 Å². The van der Waals surface area contributed by atoms with Gasteiger partial charge in [-0.25, -0.2) is 0 Å². The monoisotopic (exact) mass is 174 g/mol. The molecule has 1 heteroatoms. The van der Waals surface area contributed by atoms with E-state index < -0.39 is 0 Å². The molecule has 1 fully saturated rings. The molecule has 1 heterocycles. The van der Waals surface area contributed by atoms with Crippen molar-refractivity contribution in [2.24, 2.45) is 0 Å². The average molecular weight is 174 g/mol. The Morgan fingerprint density at radius 1 is 1.38 bits per heavy atom. The summed E-state index contributed by atoms with van der Waals surface area (Å²) in [6, 6.07) is 10.3. The van der Waals surface area contributed by atoms with Gasteiger partial charge in [0.15, 0.2) is 0 Å². The largest absolute Gasteiger partial charge is 0.356 e. The summed E-state index contributed by atoms with van der Waals surface area (Å²) in [5, 5.41) is 0. The molecule has 1 aromatic rings. The van der Waals surface area contributed by atoms with Gasteiger partial charge in [0.05, 0.1) is 6.10 Å². The summed E-state index contributed by atoms with van der Waals surface area (Å²) in [5.74, 6) is 0. The van der Waals surface area contributed by atoms with E-state index in [0.717, 1.165) is 5.57 Å². The first-order valence-corrected chi connectivity index (χ1v) is 4.57. The van der Waals surface area contributed by atoms with Crippen molar-refractivity contribution >= 4 is 0 Å². The fourth-order valence-electron chi connectivity index (χ4n) is 1.93. The summed E-state index contributed by atoms with van der Waals surface area (Å²) in [7, 11) is 0. The van der Waals surface area contributed by atoms with Crippen molar-refractivity contribution in [2.45, 2.75) is 25.6 Å². The molecule has 68 valence electrons. The van der Waals surface area contributed by atoms with Gasteiger partial charge in [0.2, 0.25) is 0 Å². The Kier molecular flexibility index (Phi) is 1.77. The van der Waals surface area contributed by atoms with E-state index >= 15 is 0 Å². The first-order valence-electron chi connectivity index (χ1n) is 4.57. The molecule has 0 N–H and O–H groups in total. The van der Waals surface area contributed by atoms with Crippen LogP contribution in [0.5, 0.6) is 0 Å². The van der Waals surface area contributed by atoms with Gasteiger partial charge in [0.25, 0.3) is 0 Å². The van der Waals surface area contributed by atoms with Crippen LogP contribution in [-0.2, 0) is 10.3 Å². The third-order valence-corrected chi connectivity index (χ3v) is 2.71. The zero-order valence-corrected chi connectivity index (χ0v) is 8.08. The topological polar surface area (TPSA) is 12.5 Å². The summed E-state index contributed by atoms with van der Waals surface area (Å²) in [5.41, 5.74) is 2.11. The SMILES string of the molecule is C=C(C)[C@@]1(c2ccccc2)O[C@@H]1C. The Labute approximate surface area is 79.0 Å². The van der Waals surface area contributed by atoms with Crippen molar-refractivity contribution in [3.05, 3.63) is 48.0 Å². The predicted octanol–water partition coefficient (Wildman–Crippen LogP) is 2.88. The minimum atomic E-state index is -0.193. The van der Waals surface area contributed by atoms with E-state index in [1.54, 1.807) is 0 Å². The van der Waals surface area contributed by atoms with Crippen LogP contribution in [-0.4, -0.2) is 6.10 Å². The second-order valence-corrected chi connectivity index (χ2v) is 3.64. The number of hydrogen-bond acceptors (Lipinski definition) is 1. The molecular weight excluding hydrogens is 160 g/mol. The van der Waals surface area contributed by atoms with Crippen LogP contribution in [0.2, 0.25) is 0 Å². The number of benzene rings is 1. The lowest BCUT2D eigenvalue weighted by Gasteiger charge is -2.12. The van der Waals surface area contributed by atoms with E-state index in [0.29, 0.717) is 0 Å². The lowest BCUT2D eigenvalue weighted by atomic mass is 9.90. The average Bonchev–Trinajstić information content (AvgIpc) is 2.80. The normalized spacial score (nSPS) is 31.4. The van der Waals surface area contributed by atoms with E-state index in [9.17, 15) is 0 Å². The fraction of sp³-hybridized carbons (Fsp3) is 0.333. The van der Waals surface area contributed by atoms with E-state index in [1.807, 2.05) is 25.1 Å². The molecule has 13 heavy (non-hydrogen) atoms. The summed E-state index contributed by atoms with van der Waals surface area (Å²) in [6.45, 7) is 8.10. The van der Waals surface area contributed by atoms with Crippen molar-refractivity contribution in [1.82, 2.24) is 0 Å². The standard InChI is InChI=1S/C12H14O/c1-9(2)12(10(3)13-12)11-7-5-4-6-8-11/h4-8,10H,1H2,2-3H3/t10-,12-/m1/s1. The maximum absolute atomic E-state index is 5.65. The highest BCUT2D eigenvalue weighted by Crippen LogP contribution is 2.50. The molecule has 1 aliphatic heterocycles. The molecule has 0 aromatic heterocycles. The maximum Gasteiger partial charge on any atom is 0.140 e. The smallest absolute Gasteiger partial charge is 0.140 e. The van der Waals surface area contributed by atoms with Crippen LogP contribution in [0.3, 0.4) is 0 Å². The lowest BCUT2D eigenvalue weighted by molar-refractivity contribution is 0.329. The number of ether oxygens (including phenoxy) is 1. The molecule has 0 radical (unpaired) electrons. The van der Waals surface area contributed by atoms with Crippen LogP contribution >= 0.6 is 0 Å². The Hall–Kier alpha value is -1.08. The van der Waals surface area contributed by atoms with Crippen molar-refractivity contribution in [1.29, 1.82) is 0 Å². The van der Waals surface area contributed by atoms with Crippen LogP contribution in [0.25, 0.3) is 0 Å². The zero-order valence-electron chi connectivity index (χ0n) is 8.08. The molecule has 0 spiro atoms. The van der Waals surface area contributed by atoms with E-state index in [2.05, 4.69) is 25.6 Å². The molecule has 0 amide bonds. The van der Waals surface area contributed by atoms with Gasteiger partial charge in [-0.2, -0.15) is 0 Å². The Bertz CT molecular complexity index is 328. The second-order valence-electron chi connectivity index (χ2n) is 3.64. The highest BCUT2D eigenvalue weighted by atomic mass is 16.6. The molecule has 0 unspecified atom stereocenters. The predicted molar refractivity (Wildman–Crippen MR) is 53.5 cm³/mol. The molecule has 1 aliphatic rings. The summed E-state index contributed by atoms with van der Waals surface area (Å²) in [4.78, 5) is 0. The third kappa shape index (κ3) is 1.11. The molecule has 1 saturated heterocycles. The maximum atomic E-state index is 5.65. The molecule has 0 saturated carbocycles. The molecular formula is C12H14O. The lowest BCUT2D eigenvalue weighted by Crippen LogP contribution is -2.12. The molecule has 0 aliphatic carbocycles. The highest BCUT2D eigenvalue weighted by molar-refractivity contribution is 5.38. The minimum Gasteiger partial charge on any atom is -0.356 e. The van der Waals surface area contributed by atoms with Crippen LogP contribution < -0.4 is 0 Å². The zero-order chi connectivity index (χ0) is 9.47. The Morgan fingerprint density at radius 2 is 1.92 bits per heavy atom. The molecule has 1 nitrogen and oxygen atoms in total. The van der Waals surface area contributed by atoms with Crippen molar-refractivity contribution in [3.63, 3.8) is 0 Å². The van der Waals surface area contributed by atoms with Gasteiger partial charge in [-0.1, -0.05) is 36.9 Å². The Morgan fingerprint density at radius 3 is 2.31 bits per heavy atom. The molecule has 2 rings (SSSR count). The van der Waals surface area contributed by atoms with Crippen LogP contribution in [0.1, 0.15) is 19.4 Å². The summed E-state index contributed by atoms with van der Waals surface area (Å²) >= 11 is 0. The van der Waals surface area contributed by atoms with E-state index in [4.69, 9.17) is 4.74 Å². The molecule has 1 aromatic carbocycles. The van der Waals surface area contributed by atoms with Gasteiger partial charge in [-0.05, 0) is 25.0 Å². The first kappa shape index (κ1) is 8.52. The van der Waals surface area contributed by atoms with Gasteiger partial charge in [-0.15, -0.1) is 0 Å². The first-order chi connectivity index (χ1) is 6.18. The quantitative estimate of drug-likeness (QED) is 0.496. The van der Waals surface area contributed by atoms with Gasteiger partial charge in [0, 0.05) is 0 Å². The second kappa shape index (κ2) is 2.71. The highest BCUT2D eigenvalue weighted by Gasteiger charge is 2.55. The molecule has 0 bridgehead atoms. The van der Waals surface area contributed by atoms with Gasteiger partial charge >= 0.3 is 0 Å². The van der Waals surface area contributed by atoms with Gasteiger partial charge < -0.3 is 4.74 Å². The number of hydrogen-bond donors (Lipinski definition) is 0. The van der Waals surface area contributed by atoms with Gasteiger partial charge in [0.1, 0.15) is 5.60 Å². The minimum absolute atomic E-state index is 0.193. The van der Waals surface area contributed by atoms with E-state index in [-0.39, 0.29) is 11.7 Å². The van der Waals surface area contributed by atoms with Crippen molar-refractivity contribution in [3.8, 4) is 0 Å².